The molecule has 0 aliphatic heterocycles. The molecule has 19 heavy (non-hydrogen) atoms. The van der Waals surface area contributed by atoms with Gasteiger partial charge in [-0.15, -0.1) is 11.3 Å². The number of rotatable bonds is 1. The molecule has 2 heteroatoms. The molecular formula is C17H11NS. The summed E-state index contributed by atoms with van der Waals surface area (Å²) in [6.45, 7) is 0. The monoisotopic (exact) mass is 261 g/mol. The van der Waals surface area contributed by atoms with E-state index < -0.39 is 0 Å². The Bertz CT molecular complexity index is 769. The van der Waals surface area contributed by atoms with E-state index in [-0.39, 0.29) is 0 Å². The number of nitrogens with zero attached hydrogens (tertiary/aromatic N) is 1. The third kappa shape index (κ3) is 1.65. The SMILES string of the molecule is C(=C1/c2cccnc2-c2ccsc21)/c1ccccc1. The number of fused-ring (bicyclic) bond motifs is 3. The lowest BCUT2D eigenvalue weighted by molar-refractivity contribution is 1.33. The second-order valence-electron chi connectivity index (χ2n) is 4.53. The van der Waals surface area contributed by atoms with Crippen LogP contribution in [0.1, 0.15) is 16.0 Å². The smallest absolute Gasteiger partial charge is 0.0795 e. The standard InChI is InChI=1S/C17H11NS/c1-2-5-12(6-3-1)11-15-13-7-4-9-18-16(13)14-8-10-19-17(14)15/h1-11H/b15-11+. The quantitative estimate of drug-likeness (QED) is 0.483. The molecule has 0 atom stereocenters. The molecule has 0 saturated carbocycles. The van der Waals surface area contributed by atoms with E-state index in [0.29, 0.717) is 0 Å². The molecule has 2 heterocycles. The van der Waals surface area contributed by atoms with Crippen LogP contribution in [0.15, 0.2) is 60.1 Å². The molecule has 1 aromatic carbocycles. The minimum absolute atomic E-state index is 1.11. The van der Waals surface area contributed by atoms with E-state index in [9.17, 15) is 0 Å². The summed E-state index contributed by atoms with van der Waals surface area (Å²) in [6.07, 6.45) is 4.12. The topological polar surface area (TPSA) is 12.9 Å². The van der Waals surface area contributed by atoms with Crippen LogP contribution in [0.5, 0.6) is 0 Å². The highest BCUT2D eigenvalue weighted by Gasteiger charge is 2.25. The van der Waals surface area contributed by atoms with Crippen molar-refractivity contribution in [2.75, 3.05) is 0 Å². The molecule has 0 N–H and O–H groups in total. The first kappa shape index (κ1) is 10.7. The van der Waals surface area contributed by atoms with Crippen LogP contribution in [0.25, 0.3) is 22.9 Å². The molecule has 90 valence electrons. The molecule has 0 radical (unpaired) electrons. The van der Waals surface area contributed by atoms with Crippen molar-refractivity contribution in [3.8, 4) is 11.3 Å². The second-order valence-corrected chi connectivity index (χ2v) is 5.45. The van der Waals surface area contributed by atoms with E-state index in [0.717, 1.165) is 5.69 Å². The summed E-state index contributed by atoms with van der Waals surface area (Å²) in [4.78, 5) is 5.86. The van der Waals surface area contributed by atoms with Crippen molar-refractivity contribution in [2.24, 2.45) is 0 Å². The maximum absolute atomic E-state index is 4.53. The number of hydrogen-bond acceptors (Lipinski definition) is 2. The fraction of sp³-hybridized carbons (Fsp3) is 0. The van der Waals surface area contributed by atoms with Crippen molar-refractivity contribution < 1.29 is 0 Å². The van der Waals surface area contributed by atoms with Crippen molar-refractivity contribution in [1.82, 2.24) is 4.98 Å². The van der Waals surface area contributed by atoms with Gasteiger partial charge in [0.25, 0.3) is 0 Å². The molecule has 0 amide bonds. The van der Waals surface area contributed by atoms with Crippen molar-refractivity contribution in [2.45, 2.75) is 0 Å². The molecule has 2 aromatic heterocycles. The summed E-state index contributed by atoms with van der Waals surface area (Å²) in [5.41, 5.74) is 6.14. The molecule has 1 aliphatic carbocycles. The number of benzene rings is 1. The van der Waals surface area contributed by atoms with E-state index in [1.807, 2.05) is 18.3 Å². The second kappa shape index (κ2) is 4.18. The minimum atomic E-state index is 1.11. The van der Waals surface area contributed by atoms with Crippen molar-refractivity contribution in [3.63, 3.8) is 0 Å². The Morgan fingerprint density at radius 1 is 0.895 bits per heavy atom. The van der Waals surface area contributed by atoms with Crippen LogP contribution < -0.4 is 0 Å². The van der Waals surface area contributed by atoms with Crippen LogP contribution >= 0.6 is 11.3 Å². The lowest BCUT2D eigenvalue weighted by atomic mass is 10.1. The normalized spacial score (nSPS) is 14.4. The average molecular weight is 261 g/mol. The highest BCUT2D eigenvalue weighted by molar-refractivity contribution is 7.12. The van der Waals surface area contributed by atoms with Gasteiger partial charge in [-0.1, -0.05) is 36.4 Å². The van der Waals surface area contributed by atoms with Crippen LogP contribution in [0.3, 0.4) is 0 Å². The Balaban J connectivity index is 1.97. The third-order valence-electron chi connectivity index (χ3n) is 3.37. The van der Waals surface area contributed by atoms with Gasteiger partial charge in [0.15, 0.2) is 0 Å². The number of thiophene rings is 1. The van der Waals surface area contributed by atoms with Gasteiger partial charge in [-0.3, -0.25) is 4.98 Å². The molecule has 0 bridgehead atoms. The zero-order chi connectivity index (χ0) is 12.7. The van der Waals surface area contributed by atoms with Crippen molar-refractivity contribution in [1.29, 1.82) is 0 Å². The first-order valence-electron chi connectivity index (χ1n) is 6.24. The lowest BCUT2D eigenvalue weighted by Gasteiger charge is -2.01. The van der Waals surface area contributed by atoms with Gasteiger partial charge in [0.05, 0.1) is 5.69 Å². The number of hydrogen-bond donors (Lipinski definition) is 0. The Hall–Kier alpha value is -2.19. The lowest BCUT2D eigenvalue weighted by Crippen LogP contribution is -1.83. The Kier molecular flexibility index (Phi) is 2.35. The van der Waals surface area contributed by atoms with Crippen molar-refractivity contribution in [3.05, 3.63) is 76.1 Å². The van der Waals surface area contributed by atoms with Gasteiger partial charge in [0, 0.05) is 27.8 Å². The molecule has 1 aliphatic rings. The predicted molar refractivity (Wildman–Crippen MR) is 81.0 cm³/mol. The maximum atomic E-state index is 4.53. The van der Waals surface area contributed by atoms with E-state index in [1.165, 1.54) is 27.1 Å². The number of pyridine rings is 1. The van der Waals surface area contributed by atoms with Crippen LogP contribution in [0.4, 0.5) is 0 Å². The Morgan fingerprint density at radius 3 is 2.68 bits per heavy atom. The summed E-state index contributed by atoms with van der Waals surface area (Å²) in [7, 11) is 0. The van der Waals surface area contributed by atoms with Crippen LogP contribution in [0, 0.1) is 0 Å². The molecule has 0 fully saturated rings. The van der Waals surface area contributed by atoms with Gasteiger partial charge in [-0.05, 0) is 29.2 Å². The third-order valence-corrected chi connectivity index (χ3v) is 4.32. The van der Waals surface area contributed by atoms with Gasteiger partial charge in [0.1, 0.15) is 0 Å². The van der Waals surface area contributed by atoms with Crippen LogP contribution in [-0.4, -0.2) is 4.98 Å². The average Bonchev–Trinajstić information content (AvgIpc) is 3.04. The predicted octanol–water partition coefficient (Wildman–Crippen LogP) is 4.71. The summed E-state index contributed by atoms with van der Waals surface area (Å²) < 4.78 is 0. The maximum Gasteiger partial charge on any atom is 0.0795 e. The first-order valence-corrected chi connectivity index (χ1v) is 7.12. The zero-order valence-corrected chi connectivity index (χ0v) is 11.0. The minimum Gasteiger partial charge on any atom is -0.256 e. The Labute approximate surface area is 115 Å². The van der Waals surface area contributed by atoms with Crippen LogP contribution in [-0.2, 0) is 0 Å². The van der Waals surface area contributed by atoms with Gasteiger partial charge < -0.3 is 0 Å². The van der Waals surface area contributed by atoms with Gasteiger partial charge in [0.2, 0.25) is 0 Å². The molecule has 1 nitrogen and oxygen atoms in total. The van der Waals surface area contributed by atoms with E-state index in [4.69, 9.17) is 0 Å². The van der Waals surface area contributed by atoms with E-state index >= 15 is 0 Å². The number of aromatic nitrogens is 1. The van der Waals surface area contributed by atoms with Crippen LogP contribution in [0.2, 0.25) is 0 Å². The largest absolute Gasteiger partial charge is 0.256 e. The highest BCUT2D eigenvalue weighted by Crippen LogP contribution is 2.46. The highest BCUT2D eigenvalue weighted by atomic mass is 32.1. The summed E-state index contributed by atoms with van der Waals surface area (Å²) in [5, 5.41) is 2.14. The zero-order valence-electron chi connectivity index (χ0n) is 10.2. The first-order chi connectivity index (χ1) is 9.43. The molecular weight excluding hydrogens is 250 g/mol. The van der Waals surface area contributed by atoms with Gasteiger partial charge >= 0.3 is 0 Å². The summed E-state index contributed by atoms with van der Waals surface area (Å²) in [6, 6.07) is 16.8. The van der Waals surface area contributed by atoms with Gasteiger partial charge in [-0.25, -0.2) is 0 Å². The molecule has 0 saturated heterocycles. The molecule has 0 spiro atoms. The molecule has 3 aromatic rings. The fourth-order valence-electron chi connectivity index (χ4n) is 2.52. The van der Waals surface area contributed by atoms with Gasteiger partial charge in [-0.2, -0.15) is 0 Å². The molecule has 4 rings (SSSR count). The fourth-order valence-corrected chi connectivity index (χ4v) is 3.45. The summed E-state index contributed by atoms with van der Waals surface area (Å²) >= 11 is 1.79. The molecule has 0 unspecified atom stereocenters. The summed E-state index contributed by atoms with van der Waals surface area (Å²) in [5.74, 6) is 0. The van der Waals surface area contributed by atoms with Crippen molar-refractivity contribution >= 4 is 23.0 Å². The Morgan fingerprint density at radius 2 is 1.79 bits per heavy atom. The van der Waals surface area contributed by atoms with E-state index in [1.54, 1.807) is 11.3 Å². The van der Waals surface area contributed by atoms with E-state index in [2.05, 4.69) is 52.8 Å².